The molecule has 2 atom stereocenters. The lowest BCUT2D eigenvalue weighted by Gasteiger charge is -2.16. The van der Waals surface area contributed by atoms with Crippen LogP contribution in [0.3, 0.4) is 0 Å². The van der Waals surface area contributed by atoms with E-state index in [2.05, 4.69) is 35.8 Å². The standard InChI is InChI=1S/C20H23F2N7O/c1-3-17-24-19(23-11(2)13-7-6-12(21)9-14(13)22)27-20(25-17)26-18-10-15(28-29-18)16-5-4-8-30-16/h6-7,9-11,16H,3-5,8H2,1-2H3,(H3,23,24,25,26,27,28,29). The van der Waals surface area contributed by atoms with Crippen LogP contribution >= 0.6 is 0 Å². The molecule has 1 aliphatic rings. The summed E-state index contributed by atoms with van der Waals surface area (Å²) in [4.78, 5) is 13.1. The number of rotatable bonds is 7. The molecule has 0 aliphatic carbocycles. The van der Waals surface area contributed by atoms with Crippen molar-refractivity contribution in [2.45, 2.75) is 45.3 Å². The van der Waals surface area contributed by atoms with Crippen molar-refractivity contribution < 1.29 is 13.5 Å². The zero-order valence-electron chi connectivity index (χ0n) is 16.7. The fourth-order valence-corrected chi connectivity index (χ4v) is 3.33. The molecule has 8 nitrogen and oxygen atoms in total. The Bertz CT molecular complexity index is 1020. The summed E-state index contributed by atoms with van der Waals surface area (Å²) in [6.07, 6.45) is 2.61. The molecule has 0 spiro atoms. The number of aromatic nitrogens is 5. The van der Waals surface area contributed by atoms with Gasteiger partial charge in [0.15, 0.2) is 5.82 Å². The Kier molecular flexibility index (Phi) is 5.84. The Morgan fingerprint density at radius 2 is 2.03 bits per heavy atom. The summed E-state index contributed by atoms with van der Waals surface area (Å²) in [6, 6.07) is 4.88. The lowest BCUT2D eigenvalue weighted by molar-refractivity contribution is 0.108. The summed E-state index contributed by atoms with van der Waals surface area (Å²) in [5.41, 5.74) is 1.22. The molecule has 1 aliphatic heterocycles. The summed E-state index contributed by atoms with van der Waals surface area (Å²) in [7, 11) is 0. The number of ether oxygens (including phenoxy) is 1. The molecule has 1 fully saturated rings. The smallest absolute Gasteiger partial charge is 0.233 e. The Labute approximate surface area is 172 Å². The topological polar surface area (TPSA) is 101 Å². The summed E-state index contributed by atoms with van der Waals surface area (Å²) in [5.74, 6) is 0.493. The number of H-pyrrole nitrogens is 1. The molecule has 158 valence electrons. The predicted molar refractivity (Wildman–Crippen MR) is 107 cm³/mol. The van der Waals surface area contributed by atoms with E-state index in [9.17, 15) is 8.78 Å². The van der Waals surface area contributed by atoms with Crippen molar-refractivity contribution in [2.24, 2.45) is 0 Å². The molecule has 10 heteroatoms. The lowest BCUT2D eigenvalue weighted by atomic mass is 10.1. The first-order valence-electron chi connectivity index (χ1n) is 9.92. The normalized spacial score (nSPS) is 17.1. The van der Waals surface area contributed by atoms with E-state index in [1.807, 2.05) is 13.0 Å². The second-order valence-corrected chi connectivity index (χ2v) is 7.12. The van der Waals surface area contributed by atoms with Crippen molar-refractivity contribution >= 4 is 17.7 Å². The Morgan fingerprint density at radius 3 is 2.77 bits per heavy atom. The molecule has 30 heavy (non-hydrogen) atoms. The largest absolute Gasteiger partial charge is 0.372 e. The third-order valence-electron chi connectivity index (χ3n) is 4.89. The van der Waals surface area contributed by atoms with E-state index in [0.29, 0.717) is 29.6 Å². The highest BCUT2D eigenvalue weighted by Crippen LogP contribution is 2.28. The van der Waals surface area contributed by atoms with Crippen molar-refractivity contribution in [3.05, 3.63) is 53.0 Å². The van der Waals surface area contributed by atoms with E-state index < -0.39 is 17.7 Å². The van der Waals surface area contributed by atoms with Crippen LogP contribution in [0.15, 0.2) is 24.3 Å². The first-order chi connectivity index (χ1) is 14.5. The minimum atomic E-state index is -0.628. The fraction of sp³-hybridized carbons (Fsp3) is 0.400. The van der Waals surface area contributed by atoms with Crippen LogP contribution in [-0.4, -0.2) is 31.8 Å². The lowest BCUT2D eigenvalue weighted by Crippen LogP contribution is -2.14. The molecular formula is C20H23F2N7O. The SMILES string of the molecule is CCc1nc(Nc2cc(C3CCCO3)[nH]n2)nc(NC(C)c2ccc(F)cc2F)n1. The summed E-state index contributed by atoms with van der Waals surface area (Å²) in [5, 5.41) is 13.4. The average Bonchev–Trinajstić information content (AvgIpc) is 3.39. The first kappa shape index (κ1) is 20.1. The van der Waals surface area contributed by atoms with Gasteiger partial charge in [-0.25, -0.2) is 8.78 Å². The highest BCUT2D eigenvalue weighted by atomic mass is 19.1. The molecule has 1 aromatic carbocycles. The van der Waals surface area contributed by atoms with Crippen LogP contribution in [-0.2, 0) is 11.2 Å². The molecule has 0 bridgehead atoms. The maximum Gasteiger partial charge on any atom is 0.233 e. The number of benzene rings is 1. The van der Waals surface area contributed by atoms with Crippen LogP contribution in [0.5, 0.6) is 0 Å². The molecule has 0 saturated carbocycles. The van der Waals surface area contributed by atoms with Gasteiger partial charge in [0.1, 0.15) is 17.5 Å². The van der Waals surface area contributed by atoms with Crippen LogP contribution in [0.1, 0.15) is 55.9 Å². The highest BCUT2D eigenvalue weighted by Gasteiger charge is 2.20. The Balaban J connectivity index is 1.51. The van der Waals surface area contributed by atoms with Gasteiger partial charge in [-0.05, 0) is 25.8 Å². The number of hydrogen-bond acceptors (Lipinski definition) is 7. The number of nitrogens with one attached hydrogen (secondary N) is 3. The fourth-order valence-electron chi connectivity index (χ4n) is 3.33. The second kappa shape index (κ2) is 8.70. The zero-order valence-corrected chi connectivity index (χ0v) is 16.7. The van der Waals surface area contributed by atoms with Crippen molar-refractivity contribution in [3.8, 4) is 0 Å². The van der Waals surface area contributed by atoms with Gasteiger partial charge in [0.25, 0.3) is 0 Å². The summed E-state index contributed by atoms with van der Waals surface area (Å²) >= 11 is 0. The first-order valence-corrected chi connectivity index (χ1v) is 9.92. The molecule has 3 heterocycles. The van der Waals surface area contributed by atoms with Crippen LogP contribution in [0.2, 0.25) is 0 Å². The summed E-state index contributed by atoms with van der Waals surface area (Å²) < 4.78 is 32.9. The molecule has 0 radical (unpaired) electrons. The van der Waals surface area contributed by atoms with Crippen LogP contribution in [0, 0.1) is 11.6 Å². The van der Waals surface area contributed by atoms with Gasteiger partial charge in [-0.1, -0.05) is 13.0 Å². The van der Waals surface area contributed by atoms with Crippen molar-refractivity contribution in [3.63, 3.8) is 0 Å². The predicted octanol–water partition coefficient (Wildman–Crippen LogP) is 4.20. The average molecular weight is 415 g/mol. The monoisotopic (exact) mass is 415 g/mol. The number of aromatic amines is 1. The van der Waals surface area contributed by atoms with Crippen molar-refractivity contribution in [1.82, 2.24) is 25.1 Å². The molecular weight excluding hydrogens is 392 g/mol. The third kappa shape index (κ3) is 4.54. The summed E-state index contributed by atoms with van der Waals surface area (Å²) in [6.45, 7) is 4.43. The van der Waals surface area contributed by atoms with E-state index >= 15 is 0 Å². The molecule has 4 rings (SSSR count). The van der Waals surface area contributed by atoms with E-state index in [1.54, 1.807) is 6.92 Å². The quantitative estimate of drug-likeness (QED) is 0.532. The number of anilines is 3. The minimum Gasteiger partial charge on any atom is -0.372 e. The zero-order chi connectivity index (χ0) is 21.1. The molecule has 1 saturated heterocycles. The molecule has 3 aromatic rings. The van der Waals surface area contributed by atoms with Gasteiger partial charge in [0.05, 0.1) is 17.8 Å². The van der Waals surface area contributed by atoms with E-state index in [1.165, 1.54) is 12.1 Å². The van der Waals surface area contributed by atoms with Gasteiger partial charge in [0, 0.05) is 30.7 Å². The van der Waals surface area contributed by atoms with Gasteiger partial charge < -0.3 is 15.4 Å². The van der Waals surface area contributed by atoms with E-state index in [0.717, 1.165) is 31.2 Å². The number of hydrogen-bond donors (Lipinski definition) is 3. The highest BCUT2D eigenvalue weighted by molar-refractivity contribution is 5.50. The number of halogens is 2. The number of nitrogens with zero attached hydrogens (tertiary/aromatic N) is 4. The van der Waals surface area contributed by atoms with Crippen molar-refractivity contribution in [1.29, 1.82) is 0 Å². The molecule has 2 unspecified atom stereocenters. The van der Waals surface area contributed by atoms with Crippen LogP contribution in [0.4, 0.5) is 26.5 Å². The number of aryl methyl sites for hydroxylation is 1. The van der Waals surface area contributed by atoms with Gasteiger partial charge in [0.2, 0.25) is 11.9 Å². The van der Waals surface area contributed by atoms with Gasteiger partial charge in [-0.2, -0.15) is 20.1 Å². The Morgan fingerprint density at radius 1 is 1.20 bits per heavy atom. The molecule has 2 aromatic heterocycles. The van der Waals surface area contributed by atoms with Gasteiger partial charge in [-0.15, -0.1) is 0 Å². The maximum atomic E-state index is 14.1. The second-order valence-electron chi connectivity index (χ2n) is 7.12. The van der Waals surface area contributed by atoms with Gasteiger partial charge in [-0.3, -0.25) is 5.10 Å². The Hall–Kier alpha value is -3.14. The molecule has 0 amide bonds. The minimum absolute atomic E-state index is 0.0290. The third-order valence-corrected chi connectivity index (χ3v) is 4.89. The van der Waals surface area contributed by atoms with E-state index in [4.69, 9.17) is 4.74 Å². The maximum absolute atomic E-state index is 14.1. The molecule has 3 N–H and O–H groups in total. The van der Waals surface area contributed by atoms with Crippen LogP contribution < -0.4 is 10.6 Å². The van der Waals surface area contributed by atoms with Gasteiger partial charge >= 0.3 is 0 Å². The van der Waals surface area contributed by atoms with E-state index in [-0.39, 0.29) is 12.1 Å². The van der Waals surface area contributed by atoms with Crippen molar-refractivity contribution in [2.75, 3.05) is 17.2 Å². The van der Waals surface area contributed by atoms with Crippen LogP contribution in [0.25, 0.3) is 0 Å².